The van der Waals surface area contributed by atoms with Crippen LogP contribution in [0.5, 0.6) is 0 Å². The summed E-state index contributed by atoms with van der Waals surface area (Å²) in [4.78, 5) is 8.62. The number of aromatic nitrogens is 3. The highest BCUT2D eigenvalue weighted by Gasteiger charge is 2.14. The van der Waals surface area contributed by atoms with Gasteiger partial charge in [-0.25, -0.2) is 14.4 Å². The highest BCUT2D eigenvalue weighted by molar-refractivity contribution is 5.76. The second-order valence-corrected chi connectivity index (χ2v) is 3.75. The zero-order chi connectivity index (χ0) is 11.2. The SMILES string of the molecule is CCc1nc2c(C)c(F)c(C)nc2n1C. The lowest BCUT2D eigenvalue weighted by Gasteiger charge is -2.02. The number of nitrogens with zero attached hydrogens (tertiary/aromatic N) is 3. The van der Waals surface area contributed by atoms with Crippen LogP contribution in [0, 0.1) is 19.7 Å². The number of hydrogen-bond donors (Lipinski definition) is 0. The molecule has 2 rings (SSSR count). The van der Waals surface area contributed by atoms with E-state index in [0.717, 1.165) is 17.9 Å². The smallest absolute Gasteiger partial charge is 0.160 e. The fraction of sp³-hybridized carbons (Fsp3) is 0.455. The summed E-state index contributed by atoms with van der Waals surface area (Å²) in [5, 5.41) is 0. The number of halogens is 1. The summed E-state index contributed by atoms with van der Waals surface area (Å²) >= 11 is 0. The summed E-state index contributed by atoms with van der Waals surface area (Å²) in [6, 6.07) is 0. The zero-order valence-electron chi connectivity index (χ0n) is 9.43. The van der Waals surface area contributed by atoms with Gasteiger partial charge in [-0.15, -0.1) is 0 Å². The molecule has 80 valence electrons. The minimum absolute atomic E-state index is 0.247. The van der Waals surface area contributed by atoms with Crippen LogP contribution in [-0.4, -0.2) is 14.5 Å². The van der Waals surface area contributed by atoms with Crippen LogP contribution in [0.2, 0.25) is 0 Å². The summed E-state index contributed by atoms with van der Waals surface area (Å²) in [6.45, 7) is 5.46. The van der Waals surface area contributed by atoms with Crippen molar-refractivity contribution >= 4 is 11.2 Å². The molecule has 4 heteroatoms. The second kappa shape index (κ2) is 3.29. The molecule has 0 aromatic carbocycles. The summed E-state index contributed by atoms with van der Waals surface area (Å²) in [5.74, 6) is 0.689. The van der Waals surface area contributed by atoms with Crippen LogP contribution in [-0.2, 0) is 13.5 Å². The Morgan fingerprint density at radius 2 is 1.93 bits per heavy atom. The van der Waals surface area contributed by atoms with Crippen LogP contribution in [0.4, 0.5) is 4.39 Å². The van der Waals surface area contributed by atoms with E-state index in [4.69, 9.17) is 0 Å². The number of hydrogen-bond acceptors (Lipinski definition) is 2. The van der Waals surface area contributed by atoms with Gasteiger partial charge in [0.05, 0.1) is 5.69 Å². The molecule has 3 nitrogen and oxygen atoms in total. The Morgan fingerprint density at radius 1 is 1.27 bits per heavy atom. The molecule has 0 radical (unpaired) electrons. The fourth-order valence-electron chi connectivity index (χ4n) is 1.81. The number of fused-ring (bicyclic) bond motifs is 1. The molecule has 0 fully saturated rings. The largest absolute Gasteiger partial charge is 0.316 e. The predicted octanol–water partition coefficient (Wildman–Crippen LogP) is 2.29. The van der Waals surface area contributed by atoms with Crippen LogP contribution in [0.25, 0.3) is 11.2 Å². The Morgan fingerprint density at radius 3 is 2.53 bits per heavy atom. The first-order valence-electron chi connectivity index (χ1n) is 5.04. The average molecular weight is 207 g/mol. The highest BCUT2D eigenvalue weighted by Crippen LogP contribution is 2.21. The molecule has 0 spiro atoms. The average Bonchev–Trinajstić information content (AvgIpc) is 2.53. The van der Waals surface area contributed by atoms with Crippen molar-refractivity contribution < 1.29 is 4.39 Å². The van der Waals surface area contributed by atoms with Gasteiger partial charge in [-0.3, -0.25) is 0 Å². The lowest BCUT2D eigenvalue weighted by molar-refractivity contribution is 0.603. The van der Waals surface area contributed by atoms with Gasteiger partial charge in [-0.05, 0) is 13.8 Å². The lowest BCUT2D eigenvalue weighted by atomic mass is 10.2. The molecule has 0 aliphatic carbocycles. The molecule has 0 aliphatic heterocycles. The molecule has 0 saturated carbocycles. The van der Waals surface area contributed by atoms with Gasteiger partial charge in [0.25, 0.3) is 0 Å². The van der Waals surface area contributed by atoms with Crippen molar-refractivity contribution in [2.45, 2.75) is 27.2 Å². The molecule has 0 aliphatic rings. The topological polar surface area (TPSA) is 30.7 Å². The van der Waals surface area contributed by atoms with Gasteiger partial charge in [0.1, 0.15) is 17.2 Å². The van der Waals surface area contributed by atoms with Crippen molar-refractivity contribution in [2.75, 3.05) is 0 Å². The van der Waals surface area contributed by atoms with E-state index in [1.165, 1.54) is 0 Å². The Hall–Kier alpha value is -1.45. The standard InChI is InChI=1S/C11H14FN3/c1-5-8-14-10-6(2)9(12)7(3)13-11(10)15(8)4/h5H2,1-4H3. The number of rotatable bonds is 1. The Kier molecular flexibility index (Phi) is 2.21. The van der Waals surface area contributed by atoms with Crippen molar-refractivity contribution in [3.63, 3.8) is 0 Å². The van der Waals surface area contributed by atoms with Gasteiger partial charge in [-0.2, -0.15) is 0 Å². The monoisotopic (exact) mass is 207 g/mol. The van der Waals surface area contributed by atoms with E-state index in [0.29, 0.717) is 16.8 Å². The summed E-state index contributed by atoms with van der Waals surface area (Å²) in [5.41, 5.74) is 2.47. The Labute approximate surface area is 88.0 Å². The molecule has 0 saturated heterocycles. The first kappa shape index (κ1) is 10.1. The number of imidazole rings is 1. The molecular weight excluding hydrogens is 193 g/mol. The maximum absolute atomic E-state index is 13.6. The molecule has 2 heterocycles. The Bertz CT molecular complexity index is 528. The summed E-state index contributed by atoms with van der Waals surface area (Å²) in [6.07, 6.45) is 0.826. The molecule has 0 N–H and O–H groups in total. The minimum Gasteiger partial charge on any atom is -0.316 e. The van der Waals surface area contributed by atoms with Gasteiger partial charge in [0, 0.05) is 19.0 Å². The van der Waals surface area contributed by atoms with Crippen LogP contribution < -0.4 is 0 Å². The van der Waals surface area contributed by atoms with E-state index >= 15 is 0 Å². The normalized spacial score (nSPS) is 11.3. The molecule has 0 amide bonds. The molecule has 2 aromatic rings. The number of pyridine rings is 1. The third kappa shape index (κ3) is 1.32. The molecular formula is C11H14FN3. The molecule has 0 atom stereocenters. The molecule has 15 heavy (non-hydrogen) atoms. The van der Waals surface area contributed by atoms with Gasteiger partial charge in [-0.1, -0.05) is 6.92 Å². The van der Waals surface area contributed by atoms with Crippen molar-refractivity contribution in [3.8, 4) is 0 Å². The quantitative estimate of drug-likeness (QED) is 0.718. The molecule has 0 bridgehead atoms. The summed E-state index contributed by atoms with van der Waals surface area (Å²) < 4.78 is 15.5. The summed E-state index contributed by atoms with van der Waals surface area (Å²) in [7, 11) is 1.91. The lowest BCUT2D eigenvalue weighted by Crippen LogP contribution is -1.98. The van der Waals surface area contributed by atoms with E-state index in [1.807, 2.05) is 18.5 Å². The first-order valence-corrected chi connectivity index (χ1v) is 5.04. The van der Waals surface area contributed by atoms with Crippen LogP contribution in [0.15, 0.2) is 0 Å². The van der Waals surface area contributed by atoms with Crippen molar-refractivity contribution in [2.24, 2.45) is 7.05 Å². The van der Waals surface area contributed by atoms with Crippen LogP contribution in [0.1, 0.15) is 24.0 Å². The van der Waals surface area contributed by atoms with Gasteiger partial charge < -0.3 is 4.57 Å². The maximum Gasteiger partial charge on any atom is 0.160 e. The third-order valence-electron chi connectivity index (χ3n) is 2.75. The van der Waals surface area contributed by atoms with Gasteiger partial charge in [0.15, 0.2) is 5.65 Å². The van der Waals surface area contributed by atoms with E-state index < -0.39 is 0 Å². The van der Waals surface area contributed by atoms with Crippen LogP contribution >= 0.6 is 0 Å². The van der Waals surface area contributed by atoms with E-state index in [-0.39, 0.29) is 5.82 Å². The van der Waals surface area contributed by atoms with E-state index in [1.54, 1.807) is 13.8 Å². The zero-order valence-corrected chi connectivity index (χ0v) is 9.43. The van der Waals surface area contributed by atoms with Gasteiger partial charge in [0.2, 0.25) is 0 Å². The highest BCUT2D eigenvalue weighted by atomic mass is 19.1. The maximum atomic E-state index is 13.6. The fourth-order valence-corrected chi connectivity index (χ4v) is 1.81. The van der Waals surface area contributed by atoms with E-state index in [9.17, 15) is 4.39 Å². The van der Waals surface area contributed by atoms with Crippen molar-refractivity contribution in [1.82, 2.24) is 14.5 Å². The second-order valence-electron chi connectivity index (χ2n) is 3.75. The number of aryl methyl sites for hydroxylation is 4. The van der Waals surface area contributed by atoms with Crippen LogP contribution in [0.3, 0.4) is 0 Å². The Balaban J connectivity index is 2.89. The van der Waals surface area contributed by atoms with E-state index in [2.05, 4.69) is 9.97 Å². The molecule has 2 aromatic heterocycles. The first-order chi connectivity index (χ1) is 7.06. The van der Waals surface area contributed by atoms with Gasteiger partial charge >= 0.3 is 0 Å². The van der Waals surface area contributed by atoms with Crippen molar-refractivity contribution in [1.29, 1.82) is 0 Å². The minimum atomic E-state index is -0.247. The van der Waals surface area contributed by atoms with Crippen molar-refractivity contribution in [3.05, 3.63) is 22.9 Å². The molecule has 0 unspecified atom stereocenters. The predicted molar refractivity (Wildman–Crippen MR) is 57.3 cm³/mol. The third-order valence-corrected chi connectivity index (χ3v) is 2.75.